The molecule has 66 valence electrons. The lowest BCUT2D eigenvalue weighted by Gasteiger charge is -1.99. The summed E-state index contributed by atoms with van der Waals surface area (Å²) in [5, 5.41) is 0. The number of aromatic nitrogens is 2. The second kappa shape index (κ2) is 3.24. The highest BCUT2D eigenvalue weighted by Crippen LogP contribution is 2.15. The number of furan rings is 1. The quantitative estimate of drug-likeness (QED) is 0.527. The molecule has 0 aliphatic carbocycles. The van der Waals surface area contributed by atoms with Crippen molar-refractivity contribution in [1.29, 1.82) is 0 Å². The summed E-state index contributed by atoms with van der Waals surface area (Å²) in [6.45, 7) is 0. The molecule has 0 aromatic carbocycles. The van der Waals surface area contributed by atoms with Crippen LogP contribution in [-0.2, 0) is 0 Å². The lowest BCUT2D eigenvalue weighted by atomic mass is 10.3. The number of hydrogen-bond donors (Lipinski definition) is 2. The van der Waals surface area contributed by atoms with Crippen molar-refractivity contribution in [2.75, 3.05) is 5.43 Å². The molecule has 0 radical (unpaired) electrons. The van der Waals surface area contributed by atoms with Gasteiger partial charge < -0.3 is 9.84 Å². The van der Waals surface area contributed by atoms with Crippen molar-refractivity contribution in [3.05, 3.63) is 30.9 Å². The maximum absolute atomic E-state index is 5.21. The summed E-state index contributed by atoms with van der Waals surface area (Å²) < 4.78 is 4.91. The first-order chi connectivity index (χ1) is 6.40. The van der Waals surface area contributed by atoms with Crippen LogP contribution < -0.4 is 11.3 Å². The van der Waals surface area contributed by atoms with Crippen molar-refractivity contribution >= 4 is 5.82 Å². The molecule has 2 aromatic heterocycles. The average Bonchev–Trinajstić information content (AvgIpc) is 2.71. The van der Waals surface area contributed by atoms with Crippen molar-refractivity contribution in [3.8, 4) is 11.4 Å². The zero-order valence-corrected chi connectivity index (χ0v) is 6.77. The van der Waals surface area contributed by atoms with Gasteiger partial charge in [0.05, 0.1) is 11.8 Å². The summed E-state index contributed by atoms with van der Waals surface area (Å²) in [4.78, 5) is 8.19. The van der Waals surface area contributed by atoms with E-state index in [0.29, 0.717) is 11.6 Å². The van der Waals surface area contributed by atoms with Crippen LogP contribution in [0.5, 0.6) is 0 Å². The third-order valence-electron chi connectivity index (χ3n) is 1.58. The zero-order chi connectivity index (χ0) is 9.10. The lowest BCUT2D eigenvalue weighted by Crippen LogP contribution is -2.08. The van der Waals surface area contributed by atoms with Gasteiger partial charge in [0.15, 0.2) is 5.82 Å². The molecule has 0 amide bonds. The highest BCUT2D eigenvalue weighted by molar-refractivity contribution is 5.54. The van der Waals surface area contributed by atoms with E-state index in [9.17, 15) is 0 Å². The summed E-state index contributed by atoms with van der Waals surface area (Å²) in [6.07, 6.45) is 4.78. The number of nitrogens with one attached hydrogen (secondary N) is 1. The van der Waals surface area contributed by atoms with E-state index >= 15 is 0 Å². The molecule has 2 aromatic rings. The van der Waals surface area contributed by atoms with Crippen LogP contribution in [0.25, 0.3) is 11.4 Å². The molecule has 2 heterocycles. The molecule has 13 heavy (non-hydrogen) atoms. The normalized spacial score (nSPS) is 9.92. The van der Waals surface area contributed by atoms with Crippen molar-refractivity contribution in [2.24, 2.45) is 5.84 Å². The fraction of sp³-hybridized carbons (Fsp3) is 0. The van der Waals surface area contributed by atoms with Gasteiger partial charge in [-0.3, -0.25) is 0 Å². The molecule has 5 heteroatoms. The third kappa shape index (κ3) is 1.50. The van der Waals surface area contributed by atoms with E-state index in [1.54, 1.807) is 30.9 Å². The summed E-state index contributed by atoms with van der Waals surface area (Å²) in [5.41, 5.74) is 3.28. The number of nitrogens with two attached hydrogens (primary N) is 1. The van der Waals surface area contributed by atoms with Crippen LogP contribution in [-0.4, -0.2) is 9.97 Å². The Bertz CT molecular complexity index is 385. The summed E-state index contributed by atoms with van der Waals surface area (Å²) in [7, 11) is 0. The van der Waals surface area contributed by atoms with E-state index in [-0.39, 0.29) is 0 Å². The smallest absolute Gasteiger partial charge is 0.164 e. The third-order valence-corrected chi connectivity index (χ3v) is 1.58. The Morgan fingerprint density at radius 2 is 2.31 bits per heavy atom. The van der Waals surface area contributed by atoms with Crippen molar-refractivity contribution < 1.29 is 4.42 Å². The van der Waals surface area contributed by atoms with Crippen molar-refractivity contribution in [1.82, 2.24) is 9.97 Å². The first-order valence-electron chi connectivity index (χ1n) is 3.72. The van der Waals surface area contributed by atoms with Gasteiger partial charge in [0.2, 0.25) is 0 Å². The molecule has 0 aliphatic rings. The molecule has 3 N–H and O–H groups in total. The van der Waals surface area contributed by atoms with Crippen LogP contribution in [0.4, 0.5) is 5.82 Å². The average molecular weight is 176 g/mol. The Hall–Kier alpha value is -1.88. The van der Waals surface area contributed by atoms with E-state index in [4.69, 9.17) is 10.3 Å². The minimum Gasteiger partial charge on any atom is -0.472 e. The second-order valence-corrected chi connectivity index (χ2v) is 2.42. The molecule has 0 unspecified atom stereocenters. The first-order valence-corrected chi connectivity index (χ1v) is 3.72. The largest absolute Gasteiger partial charge is 0.472 e. The molecule has 0 atom stereocenters. The fourth-order valence-corrected chi connectivity index (χ4v) is 0.970. The molecule has 0 saturated carbocycles. The molecule has 0 spiro atoms. The summed E-state index contributed by atoms with van der Waals surface area (Å²) in [6, 6.07) is 3.47. The van der Waals surface area contributed by atoms with E-state index in [0.717, 1.165) is 5.56 Å². The molecule has 0 bridgehead atoms. The molecule has 0 aliphatic heterocycles. The van der Waals surface area contributed by atoms with E-state index < -0.39 is 0 Å². The minimum atomic E-state index is 0.575. The SMILES string of the molecule is NNc1ccnc(-c2ccoc2)n1. The standard InChI is InChI=1S/C8H8N4O/c9-12-7-1-3-10-8(11-7)6-2-4-13-5-6/h1-5H,9H2,(H,10,11,12). The highest BCUT2D eigenvalue weighted by Gasteiger charge is 2.02. The molecule has 0 saturated heterocycles. The highest BCUT2D eigenvalue weighted by atomic mass is 16.3. The Morgan fingerprint density at radius 1 is 1.38 bits per heavy atom. The first kappa shape index (κ1) is 7.75. The predicted molar refractivity (Wildman–Crippen MR) is 47.5 cm³/mol. The molecular weight excluding hydrogens is 168 g/mol. The van der Waals surface area contributed by atoms with E-state index in [2.05, 4.69) is 15.4 Å². The van der Waals surface area contributed by atoms with E-state index in [1.165, 1.54) is 0 Å². The number of nitrogen functional groups attached to an aromatic ring is 1. The van der Waals surface area contributed by atoms with Gasteiger partial charge in [-0.05, 0) is 6.07 Å². The van der Waals surface area contributed by atoms with Crippen LogP contribution in [0.1, 0.15) is 0 Å². The van der Waals surface area contributed by atoms with Gasteiger partial charge >= 0.3 is 0 Å². The van der Waals surface area contributed by atoms with Gasteiger partial charge in [-0.1, -0.05) is 0 Å². The summed E-state index contributed by atoms with van der Waals surface area (Å²) >= 11 is 0. The summed E-state index contributed by atoms with van der Waals surface area (Å²) in [5.74, 6) is 6.37. The Labute approximate surface area is 74.6 Å². The van der Waals surface area contributed by atoms with Crippen molar-refractivity contribution in [3.63, 3.8) is 0 Å². The molecule has 0 fully saturated rings. The minimum absolute atomic E-state index is 0.575. The number of hydrazine groups is 1. The van der Waals surface area contributed by atoms with Gasteiger partial charge in [0.1, 0.15) is 12.1 Å². The monoisotopic (exact) mass is 176 g/mol. The number of hydrogen-bond acceptors (Lipinski definition) is 5. The Kier molecular flexibility index (Phi) is 1.93. The van der Waals surface area contributed by atoms with Crippen LogP contribution in [0, 0.1) is 0 Å². The Balaban J connectivity index is 2.41. The van der Waals surface area contributed by atoms with Crippen LogP contribution in [0.3, 0.4) is 0 Å². The van der Waals surface area contributed by atoms with Crippen LogP contribution in [0.2, 0.25) is 0 Å². The van der Waals surface area contributed by atoms with Gasteiger partial charge in [0.25, 0.3) is 0 Å². The maximum atomic E-state index is 5.21. The molecule has 2 rings (SSSR count). The number of nitrogens with zero attached hydrogens (tertiary/aromatic N) is 2. The lowest BCUT2D eigenvalue weighted by molar-refractivity contribution is 0.568. The number of rotatable bonds is 2. The van der Waals surface area contributed by atoms with Gasteiger partial charge in [-0.2, -0.15) is 0 Å². The predicted octanol–water partition coefficient (Wildman–Crippen LogP) is 1.02. The molecule has 5 nitrogen and oxygen atoms in total. The Morgan fingerprint density at radius 3 is 3.00 bits per heavy atom. The number of anilines is 1. The maximum Gasteiger partial charge on any atom is 0.164 e. The topological polar surface area (TPSA) is 77.0 Å². The van der Waals surface area contributed by atoms with Crippen LogP contribution in [0.15, 0.2) is 35.3 Å². The second-order valence-electron chi connectivity index (χ2n) is 2.42. The molecular formula is C8H8N4O. The van der Waals surface area contributed by atoms with Crippen LogP contribution >= 0.6 is 0 Å². The van der Waals surface area contributed by atoms with E-state index in [1.807, 2.05) is 0 Å². The zero-order valence-electron chi connectivity index (χ0n) is 6.77. The van der Waals surface area contributed by atoms with Gasteiger partial charge in [-0.15, -0.1) is 0 Å². The van der Waals surface area contributed by atoms with Gasteiger partial charge in [0, 0.05) is 12.3 Å². The van der Waals surface area contributed by atoms with Gasteiger partial charge in [-0.25, -0.2) is 15.8 Å². The van der Waals surface area contributed by atoms with Crippen molar-refractivity contribution in [2.45, 2.75) is 0 Å². The fourth-order valence-electron chi connectivity index (χ4n) is 0.970.